The SMILES string of the molecule is CC1(C)Cc2nc3sc4c(NCCOCCO)ncnc4c3cc2CO1. The Hall–Kier alpha value is -1.87. The van der Waals surface area contributed by atoms with Crippen molar-refractivity contribution in [3.8, 4) is 0 Å². The lowest BCUT2D eigenvalue weighted by Crippen LogP contribution is -2.32. The van der Waals surface area contributed by atoms with Crippen molar-refractivity contribution in [1.29, 1.82) is 0 Å². The van der Waals surface area contributed by atoms with Gasteiger partial charge in [-0.2, -0.15) is 0 Å². The van der Waals surface area contributed by atoms with Crippen molar-refractivity contribution in [1.82, 2.24) is 15.0 Å². The molecule has 3 aromatic heterocycles. The molecule has 0 saturated heterocycles. The third-order valence-electron chi connectivity index (χ3n) is 4.40. The lowest BCUT2D eigenvalue weighted by atomic mass is 9.95. The summed E-state index contributed by atoms with van der Waals surface area (Å²) in [7, 11) is 0. The zero-order valence-corrected chi connectivity index (χ0v) is 15.7. The first-order valence-corrected chi connectivity index (χ1v) is 9.51. The van der Waals surface area contributed by atoms with Gasteiger partial charge in [0.05, 0.1) is 47.9 Å². The summed E-state index contributed by atoms with van der Waals surface area (Å²) in [5.41, 5.74) is 2.99. The van der Waals surface area contributed by atoms with Gasteiger partial charge in [-0.25, -0.2) is 15.0 Å². The molecule has 0 spiro atoms. The molecule has 0 bridgehead atoms. The first-order valence-electron chi connectivity index (χ1n) is 8.70. The van der Waals surface area contributed by atoms with E-state index in [1.165, 1.54) is 0 Å². The number of hydrogen-bond acceptors (Lipinski definition) is 8. The quantitative estimate of drug-likeness (QED) is 0.641. The molecule has 0 saturated carbocycles. The van der Waals surface area contributed by atoms with Gasteiger partial charge in [0.25, 0.3) is 0 Å². The van der Waals surface area contributed by atoms with Crippen LogP contribution in [0, 0.1) is 0 Å². The van der Waals surface area contributed by atoms with Crippen LogP contribution in [0.5, 0.6) is 0 Å². The number of thiophene rings is 1. The summed E-state index contributed by atoms with van der Waals surface area (Å²) in [6, 6.07) is 2.16. The maximum atomic E-state index is 8.75. The molecular formula is C18H22N4O3S. The van der Waals surface area contributed by atoms with Gasteiger partial charge in [-0.15, -0.1) is 11.3 Å². The standard InChI is InChI=1S/C18H22N4O3S/c1-18(2)8-13-11(9-25-18)7-12-14-15(26-17(12)22-13)16(21-10-20-14)19-3-5-24-6-4-23/h7,10,23H,3-6,8-9H2,1-2H3,(H,19,20,21). The van der Waals surface area contributed by atoms with Gasteiger partial charge in [0, 0.05) is 23.9 Å². The Morgan fingerprint density at radius 1 is 1.35 bits per heavy atom. The van der Waals surface area contributed by atoms with E-state index in [0.29, 0.717) is 26.4 Å². The molecule has 0 aromatic carbocycles. The number of hydrogen-bond donors (Lipinski definition) is 2. The van der Waals surface area contributed by atoms with Crippen molar-refractivity contribution >= 4 is 37.6 Å². The molecular weight excluding hydrogens is 352 g/mol. The van der Waals surface area contributed by atoms with Gasteiger partial charge in [-0.05, 0) is 19.9 Å². The van der Waals surface area contributed by atoms with Crippen molar-refractivity contribution < 1.29 is 14.6 Å². The third-order valence-corrected chi connectivity index (χ3v) is 5.50. The molecule has 1 aliphatic rings. The summed E-state index contributed by atoms with van der Waals surface area (Å²) in [6.45, 7) is 6.28. The van der Waals surface area contributed by atoms with Crippen LogP contribution in [0.2, 0.25) is 0 Å². The zero-order valence-electron chi connectivity index (χ0n) is 14.9. The van der Waals surface area contributed by atoms with Crippen LogP contribution >= 0.6 is 11.3 Å². The molecule has 7 nitrogen and oxygen atoms in total. The number of fused-ring (bicyclic) bond motifs is 4. The molecule has 0 amide bonds. The Morgan fingerprint density at radius 2 is 2.23 bits per heavy atom. The second-order valence-corrected chi connectivity index (χ2v) is 7.94. The summed E-state index contributed by atoms with van der Waals surface area (Å²) in [5.74, 6) is 0.792. The summed E-state index contributed by atoms with van der Waals surface area (Å²) in [5, 5.41) is 13.1. The maximum Gasteiger partial charge on any atom is 0.147 e. The van der Waals surface area contributed by atoms with Crippen LogP contribution < -0.4 is 5.32 Å². The van der Waals surface area contributed by atoms with E-state index >= 15 is 0 Å². The second-order valence-electron chi connectivity index (χ2n) is 6.94. The monoisotopic (exact) mass is 374 g/mol. The molecule has 0 radical (unpaired) electrons. The maximum absolute atomic E-state index is 8.75. The van der Waals surface area contributed by atoms with Gasteiger partial charge in [0.2, 0.25) is 0 Å². The predicted octanol–water partition coefficient (Wildman–Crippen LogP) is 2.51. The minimum Gasteiger partial charge on any atom is -0.394 e. The van der Waals surface area contributed by atoms with Crippen molar-refractivity contribution in [3.05, 3.63) is 23.7 Å². The van der Waals surface area contributed by atoms with Gasteiger partial charge in [-0.1, -0.05) is 0 Å². The highest BCUT2D eigenvalue weighted by Gasteiger charge is 2.28. The number of anilines is 1. The molecule has 26 heavy (non-hydrogen) atoms. The second kappa shape index (κ2) is 7.03. The van der Waals surface area contributed by atoms with Crippen molar-refractivity contribution in [3.63, 3.8) is 0 Å². The average Bonchev–Trinajstić information content (AvgIpc) is 2.97. The fourth-order valence-corrected chi connectivity index (χ4v) is 4.22. The van der Waals surface area contributed by atoms with Crippen molar-refractivity contribution in [2.24, 2.45) is 0 Å². The summed E-state index contributed by atoms with van der Waals surface area (Å²) in [4.78, 5) is 14.7. The average molecular weight is 374 g/mol. The molecule has 0 atom stereocenters. The Labute approximate surface area is 155 Å². The smallest absolute Gasteiger partial charge is 0.147 e. The lowest BCUT2D eigenvalue weighted by molar-refractivity contribution is -0.0411. The number of nitrogens with one attached hydrogen (secondary N) is 1. The molecule has 4 rings (SSSR count). The number of nitrogens with zero attached hydrogens (tertiary/aromatic N) is 3. The number of rotatable bonds is 6. The number of ether oxygens (including phenoxy) is 2. The van der Waals surface area contributed by atoms with E-state index in [2.05, 4.69) is 35.2 Å². The first-order chi connectivity index (χ1) is 12.6. The number of aromatic nitrogens is 3. The molecule has 8 heteroatoms. The Balaban J connectivity index is 1.67. The predicted molar refractivity (Wildman–Crippen MR) is 102 cm³/mol. The van der Waals surface area contributed by atoms with Crippen LogP contribution in [0.3, 0.4) is 0 Å². The summed E-state index contributed by atoms with van der Waals surface area (Å²) >= 11 is 1.61. The highest BCUT2D eigenvalue weighted by Crippen LogP contribution is 2.37. The van der Waals surface area contributed by atoms with Crippen LogP contribution in [-0.4, -0.2) is 52.0 Å². The van der Waals surface area contributed by atoms with Gasteiger partial charge in [0.1, 0.15) is 17.0 Å². The van der Waals surface area contributed by atoms with E-state index < -0.39 is 0 Å². The summed E-state index contributed by atoms with van der Waals surface area (Å²) in [6.07, 6.45) is 2.38. The van der Waals surface area contributed by atoms with Crippen LogP contribution in [0.15, 0.2) is 12.4 Å². The van der Waals surface area contributed by atoms with E-state index in [-0.39, 0.29) is 12.2 Å². The summed E-state index contributed by atoms with van der Waals surface area (Å²) < 4.78 is 12.2. The molecule has 4 heterocycles. The molecule has 0 unspecified atom stereocenters. The molecule has 138 valence electrons. The van der Waals surface area contributed by atoms with Crippen LogP contribution in [0.1, 0.15) is 25.1 Å². The number of aliphatic hydroxyl groups excluding tert-OH is 1. The topological polar surface area (TPSA) is 89.4 Å². The largest absolute Gasteiger partial charge is 0.394 e. The van der Waals surface area contributed by atoms with Crippen molar-refractivity contribution in [2.45, 2.75) is 32.5 Å². The molecule has 0 aliphatic carbocycles. The van der Waals surface area contributed by atoms with E-state index in [1.54, 1.807) is 17.7 Å². The fraction of sp³-hybridized carbons (Fsp3) is 0.500. The normalized spacial score (nSPS) is 16.1. The Bertz CT molecular complexity index is 941. The minimum absolute atomic E-state index is 0.0327. The lowest BCUT2D eigenvalue weighted by Gasteiger charge is -2.30. The van der Waals surface area contributed by atoms with Crippen LogP contribution in [0.25, 0.3) is 20.4 Å². The highest BCUT2D eigenvalue weighted by atomic mass is 32.1. The van der Waals surface area contributed by atoms with Crippen LogP contribution in [-0.2, 0) is 22.5 Å². The molecule has 3 aromatic rings. The zero-order chi connectivity index (χ0) is 18.1. The van der Waals surface area contributed by atoms with E-state index in [0.717, 1.165) is 43.9 Å². The third kappa shape index (κ3) is 3.37. The van der Waals surface area contributed by atoms with Crippen LogP contribution in [0.4, 0.5) is 5.82 Å². The van der Waals surface area contributed by atoms with E-state index in [9.17, 15) is 0 Å². The minimum atomic E-state index is -0.175. The van der Waals surface area contributed by atoms with E-state index in [4.69, 9.17) is 19.6 Å². The van der Waals surface area contributed by atoms with Gasteiger partial charge < -0.3 is 19.9 Å². The molecule has 0 fully saturated rings. The Morgan fingerprint density at radius 3 is 3.08 bits per heavy atom. The number of pyridine rings is 1. The molecule has 2 N–H and O–H groups in total. The Kier molecular flexibility index (Phi) is 4.74. The van der Waals surface area contributed by atoms with Gasteiger partial charge in [-0.3, -0.25) is 0 Å². The van der Waals surface area contributed by atoms with E-state index in [1.807, 2.05) is 0 Å². The highest BCUT2D eigenvalue weighted by molar-refractivity contribution is 7.25. The fourth-order valence-electron chi connectivity index (χ4n) is 3.12. The first kappa shape index (κ1) is 17.5. The molecule has 1 aliphatic heterocycles. The van der Waals surface area contributed by atoms with Crippen molar-refractivity contribution in [2.75, 3.05) is 31.7 Å². The number of aliphatic hydroxyl groups is 1. The van der Waals surface area contributed by atoms with Gasteiger partial charge in [0.15, 0.2) is 0 Å². The van der Waals surface area contributed by atoms with Gasteiger partial charge >= 0.3 is 0 Å².